The van der Waals surface area contributed by atoms with Gasteiger partial charge in [0.05, 0.1) is 0 Å². The average molecular weight is 194 g/mol. The zero-order chi connectivity index (χ0) is 10.2. The van der Waals surface area contributed by atoms with Crippen LogP contribution in [0.5, 0.6) is 0 Å². The van der Waals surface area contributed by atoms with E-state index in [0.717, 1.165) is 11.3 Å². The molecule has 2 fully saturated rings. The van der Waals surface area contributed by atoms with Crippen molar-refractivity contribution in [3.63, 3.8) is 0 Å². The van der Waals surface area contributed by atoms with E-state index in [4.69, 9.17) is 0 Å². The highest BCUT2D eigenvalue weighted by atomic mass is 14.6. The first-order valence-electron chi connectivity index (χ1n) is 6.61. The van der Waals surface area contributed by atoms with Crippen molar-refractivity contribution in [1.29, 1.82) is 0 Å². The van der Waals surface area contributed by atoms with Gasteiger partial charge in [0.15, 0.2) is 0 Å². The van der Waals surface area contributed by atoms with Crippen molar-refractivity contribution in [3.8, 4) is 0 Å². The smallest absolute Gasteiger partial charge is 0.0241 e. The minimum atomic E-state index is 0.655. The van der Waals surface area contributed by atoms with Gasteiger partial charge in [-0.25, -0.2) is 0 Å². The molecule has 0 amide bonds. The van der Waals surface area contributed by atoms with E-state index in [2.05, 4.69) is 20.8 Å². The van der Waals surface area contributed by atoms with Crippen molar-refractivity contribution >= 4 is 0 Å². The largest absolute Gasteiger partial charge is 0.0622 e. The van der Waals surface area contributed by atoms with Crippen LogP contribution >= 0.6 is 0 Å². The second-order valence-corrected chi connectivity index (χ2v) is 6.27. The summed E-state index contributed by atoms with van der Waals surface area (Å²) in [5.74, 6) is 0.876. The van der Waals surface area contributed by atoms with Crippen LogP contribution in [0, 0.1) is 16.7 Å². The summed E-state index contributed by atoms with van der Waals surface area (Å²) in [5.41, 5.74) is 1.40. The Morgan fingerprint density at radius 3 is 1.64 bits per heavy atom. The molecule has 0 saturated heterocycles. The minimum Gasteiger partial charge on any atom is -0.0622 e. The summed E-state index contributed by atoms with van der Waals surface area (Å²) in [4.78, 5) is 0. The number of hydrogen-bond donors (Lipinski definition) is 0. The Morgan fingerprint density at radius 1 is 0.786 bits per heavy atom. The highest BCUT2D eigenvalue weighted by Gasteiger charge is 2.51. The molecule has 2 aliphatic rings. The van der Waals surface area contributed by atoms with E-state index in [9.17, 15) is 0 Å². The molecule has 0 heterocycles. The van der Waals surface area contributed by atoms with Gasteiger partial charge in [-0.2, -0.15) is 0 Å². The van der Waals surface area contributed by atoms with Crippen LogP contribution in [0.25, 0.3) is 0 Å². The zero-order valence-corrected chi connectivity index (χ0v) is 10.2. The normalized spacial score (nSPS) is 36.9. The topological polar surface area (TPSA) is 0 Å². The van der Waals surface area contributed by atoms with Crippen LogP contribution in [0.2, 0.25) is 0 Å². The van der Waals surface area contributed by atoms with Gasteiger partial charge in [-0.1, -0.05) is 46.5 Å². The Hall–Kier alpha value is 0. The fraction of sp³-hybridized carbons (Fsp3) is 1.00. The van der Waals surface area contributed by atoms with Crippen molar-refractivity contribution in [2.45, 2.75) is 72.1 Å². The average Bonchev–Trinajstić information content (AvgIpc) is 2.60. The van der Waals surface area contributed by atoms with E-state index in [-0.39, 0.29) is 0 Å². The monoisotopic (exact) mass is 194 g/mol. The Bertz CT molecular complexity index is 192. The molecule has 1 atom stereocenters. The third kappa shape index (κ3) is 1.33. The summed E-state index contributed by atoms with van der Waals surface area (Å²) in [6.45, 7) is 7.49. The van der Waals surface area contributed by atoms with Gasteiger partial charge in [0.25, 0.3) is 0 Å². The Balaban J connectivity index is 2.26. The van der Waals surface area contributed by atoms with E-state index < -0.39 is 0 Å². The molecule has 0 bridgehead atoms. The van der Waals surface area contributed by atoms with Gasteiger partial charge in [-0.3, -0.25) is 0 Å². The summed E-state index contributed by atoms with van der Waals surface area (Å²) in [6, 6.07) is 0. The molecule has 0 radical (unpaired) electrons. The van der Waals surface area contributed by atoms with E-state index >= 15 is 0 Å². The van der Waals surface area contributed by atoms with Crippen LogP contribution in [-0.4, -0.2) is 0 Å². The molecule has 2 aliphatic carbocycles. The summed E-state index contributed by atoms with van der Waals surface area (Å²) in [7, 11) is 0. The molecule has 0 heteroatoms. The maximum Gasteiger partial charge on any atom is -0.0241 e. The predicted octanol–water partition coefficient (Wildman–Crippen LogP) is 4.78. The minimum absolute atomic E-state index is 0.655. The molecule has 0 nitrogen and oxygen atoms in total. The summed E-state index contributed by atoms with van der Waals surface area (Å²) in [5, 5.41) is 0. The summed E-state index contributed by atoms with van der Waals surface area (Å²) in [6.07, 6.45) is 12.1. The van der Waals surface area contributed by atoms with E-state index in [0.29, 0.717) is 5.41 Å². The molecule has 82 valence electrons. The van der Waals surface area contributed by atoms with Crippen LogP contribution in [0.4, 0.5) is 0 Å². The van der Waals surface area contributed by atoms with E-state index in [1.54, 1.807) is 0 Å². The van der Waals surface area contributed by atoms with Crippen molar-refractivity contribution < 1.29 is 0 Å². The van der Waals surface area contributed by atoms with Gasteiger partial charge in [0.1, 0.15) is 0 Å². The van der Waals surface area contributed by atoms with Gasteiger partial charge in [-0.05, 0) is 42.4 Å². The third-order valence-electron chi connectivity index (χ3n) is 5.65. The zero-order valence-electron chi connectivity index (χ0n) is 10.2. The molecule has 0 aromatic rings. The summed E-state index contributed by atoms with van der Waals surface area (Å²) >= 11 is 0. The summed E-state index contributed by atoms with van der Waals surface area (Å²) < 4.78 is 0. The van der Waals surface area contributed by atoms with Crippen molar-refractivity contribution in [2.24, 2.45) is 16.7 Å². The van der Waals surface area contributed by atoms with Gasteiger partial charge in [-0.15, -0.1) is 0 Å². The van der Waals surface area contributed by atoms with Crippen LogP contribution in [0.15, 0.2) is 0 Å². The lowest BCUT2D eigenvalue weighted by molar-refractivity contribution is -0.0340. The fourth-order valence-electron chi connectivity index (χ4n) is 4.28. The molecular weight excluding hydrogens is 168 g/mol. The van der Waals surface area contributed by atoms with Crippen LogP contribution < -0.4 is 0 Å². The molecule has 2 saturated carbocycles. The predicted molar refractivity (Wildman–Crippen MR) is 62.3 cm³/mol. The molecule has 0 N–H and O–H groups in total. The van der Waals surface area contributed by atoms with E-state index in [1.165, 1.54) is 51.4 Å². The molecule has 1 spiro atoms. The number of rotatable bonds is 1. The first kappa shape index (κ1) is 10.5. The van der Waals surface area contributed by atoms with Crippen molar-refractivity contribution in [2.75, 3.05) is 0 Å². The molecule has 2 rings (SSSR count). The molecule has 14 heavy (non-hydrogen) atoms. The quantitative estimate of drug-likeness (QED) is 0.563. The third-order valence-corrected chi connectivity index (χ3v) is 5.65. The Kier molecular flexibility index (Phi) is 2.66. The standard InChI is InChI=1S/C14H26/c1-12(2)13(3)8-4-5-9-14(13)10-6-7-11-14/h12H,4-11H2,1-3H3/t13-/m0/s1. The van der Waals surface area contributed by atoms with Crippen LogP contribution in [0.3, 0.4) is 0 Å². The van der Waals surface area contributed by atoms with Gasteiger partial charge in [0, 0.05) is 0 Å². The van der Waals surface area contributed by atoms with Gasteiger partial charge < -0.3 is 0 Å². The molecule has 0 unspecified atom stereocenters. The lowest BCUT2D eigenvalue weighted by atomic mass is 9.52. The first-order chi connectivity index (χ1) is 6.61. The van der Waals surface area contributed by atoms with Crippen molar-refractivity contribution in [3.05, 3.63) is 0 Å². The highest BCUT2D eigenvalue weighted by Crippen LogP contribution is 2.62. The maximum atomic E-state index is 2.59. The molecule has 0 aromatic heterocycles. The molecule has 0 aromatic carbocycles. The van der Waals surface area contributed by atoms with Crippen molar-refractivity contribution in [1.82, 2.24) is 0 Å². The Morgan fingerprint density at radius 2 is 1.21 bits per heavy atom. The fourth-order valence-corrected chi connectivity index (χ4v) is 4.28. The van der Waals surface area contributed by atoms with E-state index in [1.807, 2.05) is 0 Å². The second kappa shape index (κ2) is 3.54. The maximum absolute atomic E-state index is 2.59. The second-order valence-electron chi connectivity index (χ2n) is 6.27. The van der Waals surface area contributed by atoms with Crippen LogP contribution in [-0.2, 0) is 0 Å². The van der Waals surface area contributed by atoms with Gasteiger partial charge in [0.2, 0.25) is 0 Å². The SMILES string of the molecule is CC(C)[C@]1(C)CCCCC12CCCC2. The number of hydrogen-bond acceptors (Lipinski definition) is 0. The highest BCUT2D eigenvalue weighted by molar-refractivity contribution is 5.01. The first-order valence-corrected chi connectivity index (χ1v) is 6.61. The van der Waals surface area contributed by atoms with Gasteiger partial charge >= 0.3 is 0 Å². The molecule has 0 aliphatic heterocycles. The lowest BCUT2D eigenvalue weighted by Gasteiger charge is -2.53. The van der Waals surface area contributed by atoms with Crippen LogP contribution in [0.1, 0.15) is 72.1 Å². The molecular formula is C14H26. The lowest BCUT2D eigenvalue weighted by Crippen LogP contribution is -2.44. The Labute approximate surface area is 89.5 Å².